The number of esters is 1. The Hall–Kier alpha value is -2.35. The Bertz CT molecular complexity index is 622. The average Bonchev–Trinajstić information content (AvgIpc) is 2.41. The topological polar surface area (TPSA) is 79.2 Å². The Morgan fingerprint density at radius 1 is 1.22 bits per heavy atom. The van der Waals surface area contributed by atoms with Gasteiger partial charge in [-0.2, -0.15) is 5.26 Å². The van der Waals surface area contributed by atoms with Crippen LogP contribution in [0.2, 0.25) is 0 Å². The molecule has 1 aromatic carbocycles. The molecule has 1 N–H and O–H groups in total. The van der Waals surface area contributed by atoms with Crippen LogP contribution in [0.1, 0.15) is 57.0 Å². The molecule has 0 saturated carbocycles. The highest BCUT2D eigenvalue weighted by atomic mass is 16.5. The van der Waals surface area contributed by atoms with Gasteiger partial charge in [0.05, 0.1) is 17.2 Å². The van der Waals surface area contributed by atoms with Crippen LogP contribution in [-0.4, -0.2) is 24.0 Å². The van der Waals surface area contributed by atoms with Gasteiger partial charge >= 0.3 is 5.97 Å². The summed E-state index contributed by atoms with van der Waals surface area (Å²) in [5.74, 6) is -0.963. The van der Waals surface area contributed by atoms with E-state index in [2.05, 4.69) is 26.1 Å². The van der Waals surface area contributed by atoms with Gasteiger partial charge in [-0.1, -0.05) is 26.8 Å². The second-order valence-corrected chi connectivity index (χ2v) is 7.44. The van der Waals surface area contributed by atoms with Gasteiger partial charge in [0.2, 0.25) is 0 Å². The fraction of sp³-hybridized carbons (Fsp3) is 0.500. The van der Waals surface area contributed by atoms with Crippen LogP contribution < -0.4 is 5.32 Å². The van der Waals surface area contributed by atoms with Gasteiger partial charge in [0.25, 0.3) is 5.91 Å². The fourth-order valence-electron chi connectivity index (χ4n) is 2.71. The Balaban J connectivity index is 2.56. The molecule has 0 bridgehead atoms. The van der Waals surface area contributed by atoms with E-state index in [4.69, 9.17) is 10.00 Å². The minimum Gasteiger partial charge on any atom is -0.452 e. The quantitative estimate of drug-likeness (QED) is 0.847. The molecule has 1 aromatic rings. The summed E-state index contributed by atoms with van der Waals surface area (Å²) in [6.45, 7) is 9.83. The molecule has 0 saturated heterocycles. The molecular formula is C18H24N2O3. The molecule has 0 unspecified atom stereocenters. The van der Waals surface area contributed by atoms with Gasteiger partial charge in [-0.05, 0) is 43.9 Å². The predicted octanol–water partition coefficient (Wildman–Crippen LogP) is 3.05. The standard InChI is InChI=1S/C18H24N2O3/c1-17(2,3)12-18(4,5)20-15(21)11-23-16(22)14-8-6-7-13(9-14)10-19/h6-9H,11-12H2,1-5H3,(H,20,21). The molecule has 0 aliphatic heterocycles. The van der Waals surface area contributed by atoms with Crippen LogP contribution in [0.4, 0.5) is 0 Å². The first kappa shape index (κ1) is 18.7. The van der Waals surface area contributed by atoms with Gasteiger partial charge in [-0.15, -0.1) is 0 Å². The maximum atomic E-state index is 12.0. The zero-order valence-electron chi connectivity index (χ0n) is 14.4. The maximum absolute atomic E-state index is 12.0. The minimum absolute atomic E-state index is 0.0746. The first-order chi connectivity index (χ1) is 10.5. The first-order valence-corrected chi connectivity index (χ1v) is 7.51. The molecule has 0 spiro atoms. The highest BCUT2D eigenvalue weighted by Crippen LogP contribution is 2.26. The van der Waals surface area contributed by atoms with Crippen molar-refractivity contribution in [3.05, 3.63) is 35.4 Å². The van der Waals surface area contributed by atoms with Crippen LogP contribution in [-0.2, 0) is 9.53 Å². The molecule has 0 aliphatic carbocycles. The summed E-state index contributed by atoms with van der Waals surface area (Å²) in [7, 11) is 0. The molecule has 1 amide bonds. The monoisotopic (exact) mass is 316 g/mol. The number of carbonyl (C=O) groups excluding carboxylic acids is 2. The third-order valence-electron chi connectivity index (χ3n) is 3.01. The normalized spacial score (nSPS) is 11.5. The van der Waals surface area contributed by atoms with E-state index in [-0.39, 0.29) is 29.0 Å². The zero-order valence-corrected chi connectivity index (χ0v) is 14.4. The third-order valence-corrected chi connectivity index (χ3v) is 3.01. The van der Waals surface area contributed by atoms with Crippen molar-refractivity contribution in [2.24, 2.45) is 5.41 Å². The number of hydrogen-bond donors (Lipinski definition) is 1. The molecule has 5 heteroatoms. The Labute approximate surface area is 137 Å². The summed E-state index contributed by atoms with van der Waals surface area (Å²) in [4.78, 5) is 23.9. The average molecular weight is 316 g/mol. The van der Waals surface area contributed by atoms with E-state index >= 15 is 0 Å². The summed E-state index contributed by atoms with van der Waals surface area (Å²) in [6, 6.07) is 8.13. The fourth-order valence-corrected chi connectivity index (χ4v) is 2.71. The van der Waals surface area contributed by atoms with Crippen molar-refractivity contribution in [2.75, 3.05) is 6.61 Å². The van der Waals surface area contributed by atoms with Gasteiger partial charge in [0.1, 0.15) is 0 Å². The molecule has 0 aliphatic rings. The van der Waals surface area contributed by atoms with E-state index < -0.39 is 5.97 Å². The summed E-state index contributed by atoms with van der Waals surface area (Å²) in [6.07, 6.45) is 0.796. The number of amides is 1. The predicted molar refractivity (Wildman–Crippen MR) is 87.7 cm³/mol. The SMILES string of the molecule is CC(C)(C)CC(C)(C)NC(=O)COC(=O)c1cccc(C#N)c1. The number of nitrogens with zero attached hydrogens (tertiary/aromatic N) is 1. The number of ether oxygens (including phenoxy) is 1. The number of rotatable bonds is 5. The highest BCUT2D eigenvalue weighted by molar-refractivity contribution is 5.91. The summed E-state index contributed by atoms with van der Waals surface area (Å²) < 4.78 is 5.00. The zero-order chi connectivity index (χ0) is 17.7. The molecule has 0 radical (unpaired) electrons. The number of nitrogens with one attached hydrogen (secondary N) is 1. The highest BCUT2D eigenvalue weighted by Gasteiger charge is 2.27. The van der Waals surface area contributed by atoms with Crippen molar-refractivity contribution in [3.8, 4) is 6.07 Å². The van der Waals surface area contributed by atoms with Crippen LogP contribution in [0.5, 0.6) is 0 Å². The van der Waals surface area contributed by atoms with Crippen LogP contribution in [0.3, 0.4) is 0 Å². The molecule has 124 valence electrons. The van der Waals surface area contributed by atoms with E-state index in [1.807, 2.05) is 19.9 Å². The van der Waals surface area contributed by atoms with Crippen molar-refractivity contribution >= 4 is 11.9 Å². The van der Waals surface area contributed by atoms with Gasteiger partial charge < -0.3 is 10.1 Å². The van der Waals surface area contributed by atoms with Crippen molar-refractivity contribution in [3.63, 3.8) is 0 Å². The van der Waals surface area contributed by atoms with Crippen molar-refractivity contribution < 1.29 is 14.3 Å². The summed E-state index contributed by atoms with van der Waals surface area (Å²) in [5, 5.41) is 11.7. The largest absolute Gasteiger partial charge is 0.452 e. The maximum Gasteiger partial charge on any atom is 0.338 e. The second-order valence-electron chi connectivity index (χ2n) is 7.44. The number of hydrogen-bond acceptors (Lipinski definition) is 4. The lowest BCUT2D eigenvalue weighted by molar-refractivity contribution is -0.126. The van der Waals surface area contributed by atoms with Gasteiger partial charge in [0, 0.05) is 5.54 Å². The lowest BCUT2D eigenvalue weighted by atomic mass is 9.82. The Morgan fingerprint density at radius 3 is 2.43 bits per heavy atom. The van der Waals surface area contributed by atoms with Crippen molar-refractivity contribution in [2.45, 2.75) is 46.6 Å². The van der Waals surface area contributed by atoms with Crippen molar-refractivity contribution in [1.29, 1.82) is 5.26 Å². The van der Waals surface area contributed by atoms with E-state index in [0.29, 0.717) is 5.56 Å². The first-order valence-electron chi connectivity index (χ1n) is 7.51. The van der Waals surface area contributed by atoms with Crippen LogP contribution in [0, 0.1) is 16.7 Å². The summed E-state index contributed by atoms with van der Waals surface area (Å²) in [5.41, 5.74) is 0.314. The van der Waals surface area contributed by atoms with E-state index in [9.17, 15) is 9.59 Å². The van der Waals surface area contributed by atoms with Gasteiger partial charge in [0.15, 0.2) is 6.61 Å². The molecule has 0 fully saturated rings. The van der Waals surface area contributed by atoms with Crippen LogP contribution in [0.15, 0.2) is 24.3 Å². The smallest absolute Gasteiger partial charge is 0.338 e. The van der Waals surface area contributed by atoms with Crippen molar-refractivity contribution in [1.82, 2.24) is 5.32 Å². The van der Waals surface area contributed by atoms with Gasteiger partial charge in [-0.25, -0.2) is 4.79 Å². The summed E-state index contributed by atoms with van der Waals surface area (Å²) >= 11 is 0. The Morgan fingerprint density at radius 2 is 1.87 bits per heavy atom. The van der Waals surface area contributed by atoms with E-state index in [1.165, 1.54) is 6.07 Å². The minimum atomic E-state index is -0.620. The van der Waals surface area contributed by atoms with E-state index in [1.54, 1.807) is 18.2 Å². The molecule has 0 aromatic heterocycles. The number of carbonyl (C=O) groups is 2. The van der Waals surface area contributed by atoms with Crippen LogP contribution in [0.25, 0.3) is 0 Å². The number of benzene rings is 1. The van der Waals surface area contributed by atoms with Crippen LogP contribution >= 0.6 is 0 Å². The molecule has 5 nitrogen and oxygen atoms in total. The molecule has 0 heterocycles. The molecule has 23 heavy (non-hydrogen) atoms. The third kappa shape index (κ3) is 6.96. The molecule has 1 rings (SSSR count). The second kappa shape index (κ2) is 7.28. The number of nitriles is 1. The van der Waals surface area contributed by atoms with E-state index in [0.717, 1.165) is 6.42 Å². The lowest BCUT2D eigenvalue weighted by Gasteiger charge is -2.33. The van der Waals surface area contributed by atoms with Gasteiger partial charge in [-0.3, -0.25) is 4.79 Å². The Kier molecular flexibility index (Phi) is 5.91. The lowest BCUT2D eigenvalue weighted by Crippen LogP contribution is -2.47. The molecular weight excluding hydrogens is 292 g/mol. The molecule has 0 atom stereocenters.